The Morgan fingerprint density at radius 1 is 1.08 bits per heavy atom. The van der Waals surface area contributed by atoms with Crippen molar-refractivity contribution in [3.8, 4) is 0 Å². The standard InChI is InChI=1S/C18H28N4O4/c1-5-20-15(11(2)3)17(24)21-12(4)16(23)22-14-8-6-13(7-9-14)10-26-18(19)25/h6-9,11-12,15,20H,5,10H2,1-4H3,(H2,19,25)(H,21,24)(H,22,23)/t12-,15-/m0/s1. The van der Waals surface area contributed by atoms with Crippen LogP contribution in [0.15, 0.2) is 24.3 Å². The minimum absolute atomic E-state index is 0.0665. The molecule has 8 nitrogen and oxygen atoms in total. The molecule has 0 heterocycles. The van der Waals surface area contributed by atoms with E-state index < -0.39 is 12.1 Å². The molecule has 26 heavy (non-hydrogen) atoms. The van der Waals surface area contributed by atoms with Crippen LogP contribution in [0.4, 0.5) is 10.5 Å². The lowest BCUT2D eigenvalue weighted by molar-refractivity contribution is -0.128. The summed E-state index contributed by atoms with van der Waals surface area (Å²) in [7, 11) is 0. The van der Waals surface area contributed by atoms with Gasteiger partial charge in [0.05, 0.1) is 6.04 Å². The van der Waals surface area contributed by atoms with Crippen LogP contribution < -0.4 is 21.7 Å². The van der Waals surface area contributed by atoms with E-state index in [1.807, 2.05) is 20.8 Å². The lowest BCUT2D eigenvalue weighted by Crippen LogP contribution is -2.52. The largest absolute Gasteiger partial charge is 0.445 e. The first-order chi connectivity index (χ1) is 12.2. The first-order valence-electron chi connectivity index (χ1n) is 8.60. The van der Waals surface area contributed by atoms with Gasteiger partial charge in [0.15, 0.2) is 0 Å². The molecule has 0 saturated heterocycles. The number of carbonyl (C=O) groups is 3. The highest BCUT2D eigenvalue weighted by Crippen LogP contribution is 2.11. The van der Waals surface area contributed by atoms with Crippen LogP contribution in [0.2, 0.25) is 0 Å². The molecule has 0 bridgehead atoms. The van der Waals surface area contributed by atoms with E-state index in [-0.39, 0.29) is 30.4 Å². The Bertz CT molecular complexity index is 616. The number of benzene rings is 1. The van der Waals surface area contributed by atoms with Gasteiger partial charge in [-0.2, -0.15) is 0 Å². The number of primary amides is 1. The zero-order valence-corrected chi connectivity index (χ0v) is 15.7. The third-order valence-corrected chi connectivity index (χ3v) is 3.73. The van der Waals surface area contributed by atoms with Crippen LogP contribution >= 0.6 is 0 Å². The highest BCUT2D eigenvalue weighted by molar-refractivity contribution is 5.97. The normalized spacial score (nSPS) is 13.0. The fourth-order valence-corrected chi connectivity index (χ4v) is 2.31. The Balaban J connectivity index is 2.58. The van der Waals surface area contributed by atoms with E-state index in [1.165, 1.54) is 0 Å². The van der Waals surface area contributed by atoms with E-state index >= 15 is 0 Å². The van der Waals surface area contributed by atoms with Gasteiger partial charge in [0.2, 0.25) is 11.8 Å². The van der Waals surface area contributed by atoms with Crippen LogP contribution in [0, 0.1) is 5.92 Å². The molecule has 2 atom stereocenters. The second-order valence-electron chi connectivity index (χ2n) is 6.30. The molecular weight excluding hydrogens is 336 g/mol. The van der Waals surface area contributed by atoms with E-state index in [2.05, 4.69) is 16.0 Å². The molecule has 144 valence electrons. The summed E-state index contributed by atoms with van der Waals surface area (Å²) in [4.78, 5) is 35.2. The highest BCUT2D eigenvalue weighted by Gasteiger charge is 2.24. The highest BCUT2D eigenvalue weighted by atomic mass is 16.5. The lowest BCUT2D eigenvalue weighted by atomic mass is 10.0. The Labute approximate surface area is 153 Å². The zero-order chi connectivity index (χ0) is 19.7. The second-order valence-corrected chi connectivity index (χ2v) is 6.30. The summed E-state index contributed by atoms with van der Waals surface area (Å²) in [5.41, 5.74) is 6.23. The van der Waals surface area contributed by atoms with Crippen LogP contribution in [0.1, 0.15) is 33.3 Å². The lowest BCUT2D eigenvalue weighted by Gasteiger charge is -2.23. The maximum absolute atomic E-state index is 12.3. The first kappa shape index (κ1) is 21.4. The van der Waals surface area contributed by atoms with Gasteiger partial charge in [-0.25, -0.2) is 4.79 Å². The van der Waals surface area contributed by atoms with Gasteiger partial charge in [-0.05, 0) is 37.1 Å². The number of carbonyl (C=O) groups excluding carboxylic acids is 3. The maximum atomic E-state index is 12.3. The summed E-state index contributed by atoms with van der Waals surface area (Å²) in [6, 6.07) is 5.76. The van der Waals surface area contributed by atoms with Gasteiger partial charge in [-0.15, -0.1) is 0 Å². The SMILES string of the molecule is CCN[C@H](C(=O)N[C@@H](C)C(=O)Nc1ccc(COC(N)=O)cc1)C(C)C. The molecule has 1 rings (SSSR count). The molecule has 0 fully saturated rings. The van der Waals surface area contributed by atoms with Gasteiger partial charge in [0, 0.05) is 5.69 Å². The summed E-state index contributed by atoms with van der Waals surface area (Å²) in [5, 5.41) is 8.57. The minimum atomic E-state index is -0.843. The van der Waals surface area contributed by atoms with Gasteiger partial charge >= 0.3 is 6.09 Å². The van der Waals surface area contributed by atoms with Crippen LogP contribution in [0.25, 0.3) is 0 Å². The second kappa shape index (κ2) is 10.4. The molecule has 0 aromatic heterocycles. The molecule has 0 unspecified atom stereocenters. The third kappa shape index (κ3) is 7.10. The summed E-state index contributed by atoms with van der Waals surface area (Å²) < 4.78 is 4.69. The van der Waals surface area contributed by atoms with Crippen LogP contribution in [0.5, 0.6) is 0 Å². The molecule has 0 aliphatic carbocycles. The third-order valence-electron chi connectivity index (χ3n) is 3.73. The van der Waals surface area contributed by atoms with E-state index in [0.29, 0.717) is 12.2 Å². The number of rotatable bonds is 9. The Morgan fingerprint density at radius 3 is 2.19 bits per heavy atom. The quantitative estimate of drug-likeness (QED) is 0.527. The van der Waals surface area contributed by atoms with E-state index in [1.54, 1.807) is 31.2 Å². The minimum Gasteiger partial charge on any atom is -0.445 e. The van der Waals surface area contributed by atoms with Crippen molar-refractivity contribution in [1.82, 2.24) is 10.6 Å². The van der Waals surface area contributed by atoms with Crippen LogP contribution in [-0.2, 0) is 20.9 Å². The average molecular weight is 364 g/mol. The van der Waals surface area contributed by atoms with E-state index in [9.17, 15) is 14.4 Å². The first-order valence-corrected chi connectivity index (χ1v) is 8.60. The molecule has 0 saturated carbocycles. The molecule has 0 radical (unpaired) electrons. The zero-order valence-electron chi connectivity index (χ0n) is 15.7. The Morgan fingerprint density at radius 2 is 1.69 bits per heavy atom. The average Bonchev–Trinajstić information content (AvgIpc) is 2.58. The summed E-state index contributed by atoms with van der Waals surface area (Å²) in [6.07, 6.45) is -0.843. The van der Waals surface area contributed by atoms with Crippen LogP contribution in [0.3, 0.4) is 0 Å². The van der Waals surface area contributed by atoms with E-state index in [0.717, 1.165) is 5.56 Å². The van der Waals surface area contributed by atoms with Gasteiger partial charge in [0.1, 0.15) is 12.6 Å². The Hall–Kier alpha value is -2.61. The Kier molecular flexibility index (Phi) is 8.57. The fourth-order valence-electron chi connectivity index (χ4n) is 2.31. The van der Waals surface area contributed by atoms with Crippen molar-refractivity contribution in [2.24, 2.45) is 11.7 Å². The van der Waals surface area contributed by atoms with Crippen molar-refractivity contribution in [2.45, 2.75) is 46.4 Å². The van der Waals surface area contributed by atoms with Crippen molar-refractivity contribution in [2.75, 3.05) is 11.9 Å². The van der Waals surface area contributed by atoms with Crippen molar-refractivity contribution < 1.29 is 19.1 Å². The molecule has 1 aromatic rings. The molecule has 0 spiro atoms. The van der Waals surface area contributed by atoms with Crippen molar-refractivity contribution in [3.63, 3.8) is 0 Å². The van der Waals surface area contributed by atoms with Gasteiger partial charge < -0.3 is 26.4 Å². The number of hydrogen-bond donors (Lipinski definition) is 4. The number of ether oxygens (including phenoxy) is 1. The van der Waals surface area contributed by atoms with Gasteiger partial charge in [-0.1, -0.05) is 32.9 Å². The van der Waals surface area contributed by atoms with Crippen molar-refractivity contribution in [1.29, 1.82) is 0 Å². The predicted octanol–water partition coefficient (Wildman–Crippen LogP) is 1.36. The van der Waals surface area contributed by atoms with E-state index in [4.69, 9.17) is 10.5 Å². The summed E-state index contributed by atoms with van der Waals surface area (Å²) >= 11 is 0. The van der Waals surface area contributed by atoms with Gasteiger partial charge in [0.25, 0.3) is 0 Å². The maximum Gasteiger partial charge on any atom is 0.404 e. The number of amides is 3. The van der Waals surface area contributed by atoms with Crippen LogP contribution in [-0.4, -0.2) is 36.5 Å². The number of nitrogens with two attached hydrogens (primary N) is 1. The monoisotopic (exact) mass is 364 g/mol. The number of anilines is 1. The number of hydrogen-bond acceptors (Lipinski definition) is 5. The fraction of sp³-hybridized carbons (Fsp3) is 0.500. The number of nitrogens with one attached hydrogen (secondary N) is 3. The molecule has 8 heteroatoms. The smallest absolute Gasteiger partial charge is 0.404 e. The summed E-state index contributed by atoms with van der Waals surface area (Å²) in [6.45, 7) is 8.19. The molecule has 1 aromatic carbocycles. The van der Waals surface area contributed by atoms with Crippen molar-refractivity contribution >= 4 is 23.6 Å². The molecular formula is C18H28N4O4. The molecule has 0 aliphatic heterocycles. The molecule has 5 N–H and O–H groups in total. The topological polar surface area (TPSA) is 123 Å². The number of likely N-dealkylation sites (N-methyl/N-ethyl adjacent to an activating group) is 1. The van der Waals surface area contributed by atoms with Gasteiger partial charge in [-0.3, -0.25) is 9.59 Å². The molecule has 0 aliphatic rings. The summed E-state index contributed by atoms with van der Waals surface area (Å²) in [5.74, 6) is -0.415. The predicted molar refractivity (Wildman–Crippen MR) is 99.4 cm³/mol. The van der Waals surface area contributed by atoms with Crippen molar-refractivity contribution in [3.05, 3.63) is 29.8 Å². The molecule has 3 amide bonds.